The second-order valence-corrected chi connectivity index (χ2v) is 3.21. The first kappa shape index (κ1) is 13.0. The first-order valence-corrected chi connectivity index (χ1v) is 4.22. The van der Waals surface area contributed by atoms with Crippen LogP contribution in [0.4, 0.5) is 26.1 Å². The van der Waals surface area contributed by atoms with Crippen molar-refractivity contribution in [3.8, 4) is 5.75 Å². The van der Waals surface area contributed by atoms with Gasteiger partial charge in [-0.25, -0.2) is 0 Å². The Morgan fingerprint density at radius 3 is 2.06 bits per heavy atom. The number of hydrogen-bond donors (Lipinski definition) is 0. The van der Waals surface area contributed by atoms with Crippen molar-refractivity contribution in [3.63, 3.8) is 0 Å². The minimum Gasteiger partial charge on any atom is -0.445 e. The van der Waals surface area contributed by atoms with Gasteiger partial charge in [0.25, 0.3) is 0 Å². The van der Waals surface area contributed by atoms with Crippen LogP contribution in [0.1, 0.15) is 0 Å². The number of halogens is 7. The molecule has 1 rings (SSSR count). The van der Waals surface area contributed by atoms with Crippen LogP contribution in [0.15, 0.2) is 18.2 Å². The molecule has 1 nitrogen and oxygen atoms in total. The van der Waals surface area contributed by atoms with Gasteiger partial charge in [-0.1, -0.05) is 23.1 Å². The molecule has 0 N–H and O–H groups in total. The van der Waals surface area contributed by atoms with Crippen molar-refractivity contribution < 1.29 is 30.9 Å². The maximum absolute atomic E-state index is 12.2. The molecule has 90 valence electrons. The van der Waals surface area contributed by atoms with Gasteiger partial charge in [-0.05, 0) is 12.1 Å². The van der Waals surface area contributed by atoms with Gasteiger partial charge in [-0.2, -0.15) is 0 Å². The van der Waals surface area contributed by atoms with Gasteiger partial charge in [-0.3, -0.25) is 0 Å². The van der Waals surface area contributed by atoms with Gasteiger partial charge in [0.05, 0.1) is 0 Å². The predicted molar refractivity (Wildman–Crippen MR) is 46.8 cm³/mol. The van der Waals surface area contributed by atoms with Gasteiger partial charge in [0.2, 0.25) is 0 Å². The number of benzene rings is 1. The number of hydrogen-bond acceptors (Lipinski definition) is 1. The highest BCUT2D eigenvalue weighted by Crippen LogP contribution is 2.26. The van der Waals surface area contributed by atoms with E-state index in [4.69, 9.17) is 11.6 Å². The summed E-state index contributed by atoms with van der Waals surface area (Å²) in [6.07, 6.45) is -4.96. The molecule has 0 saturated carbocycles. The van der Waals surface area contributed by atoms with E-state index in [2.05, 4.69) is 4.74 Å². The van der Waals surface area contributed by atoms with Crippen molar-refractivity contribution >= 4 is 24.0 Å². The molecule has 0 saturated heterocycles. The van der Waals surface area contributed by atoms with E-state index in [0.717, 1.165) is 0 Å². The van der Waals surface area contributed by atoms with Crippen molar-refractivity contribution in [1.82, 2.24) is 0 Å². The van der Waals surface area contributed by atoms with E-state index >= 15 is 0 Å². The van der Waals surface area contributed by atoms with Gasteiger partial charge in [0.1, 0.15) is 5.75 Å². The summed E-state index contributed by atoms with van der Waals surface area (Å²) in [4.78, 5) is 0. The van der Waals surface area contributed by atoms with E-state index in [1.165, 1.54) is 0 Å². The van der Waals surface area contributed by atoms with E-state index < -0.39 is 29.6 Å². The van der Waals surface area contributed by atoms with Gasteiger partial charge in [-0.15, -0.1) is 13.2 Å². The second kappa shape index (κ2) is 4.08. The monoisotopic (exact) mass is 263 g/mol. The van der Waals surface area contributed by atoms with E-state index in [1.807, 2.05) is 0 Å². The van der Waals surface area contributed by atoms with Crippen LogP contribution in [-0.2, 0) is 0 Å². The molecule has 0 aliphatic rings. The Morgan fingerprint density at radius 1 is 1.12 bits per heavy atom. The van der Waals surface area contributed by atoms with E-state index in [9.17, 15) is 26.1 Å². The third-order valence-electron chi connectivity index (χ3n) is 1.56. The van der Waals surface area contributed by atoms with Crippen LogP contribution < -0.4 is 10.2 Å². The van der Waals surface area contributed by atoms with Crippen LogP contribution in [0.3, 0.4) is 0 Å². The number of ether oxygens (including phenoxy) is 1. The average molecular weight is 263 g/mol. The largest absolute Gasteiger partial charge is 0.573 e. The Labute approximate surface area is 91.0 Å². The third kappa shape index (κ3) is 3.51. The van der Waals surface area contributed by atoms with Gasteiger partial charge in [0.15, 0.2) is 0 Å². The maximum atomic E-state index is 12.2. The van der Waals surface area contributed by atoms with Crippen LogP contribution in [-0.4, -0.2) is 13.3 Å². The topological polar surface area (TPSA) is 9.23 Å². The lowest BCUT2D eigenvalue weighted by Crippen LogP contribution is -2.34. The zero-order valence-electron chi connectivity index (χ0n) is 7.36. The quantitative estimate of drug-likeness (QED) is 0.587. The lowest BCUT2D eigenvalue weighted by molar-refractivity contribution is -0.274. The van der Waals surface area contributed by atoms with E-state index in [0.29, 0.717) is 18.2 Å². The molecular formula is C7H3BClF6O-. The van der Waals surface area contributed by atoms with Crippen LogP contribution in [0.25, 0.3) is 0 Å². The molecule has 16 heavy (non-hydrogen) atoms. The van der Waals surface area contributed by atoms with Crippen molar-refractivity contribution in [2.75, 3.05) is 0 Å². The third-order valence-corrected chi connectivity index (χ3v) is 1.89. The summed E-state index contributed by atoms with van der Waals surface area (Å²) in [6.45, 7) is -5.35. The highest BCUT2D eigenvalue weighted by atomic mass is 35.5. The second-order valence-electron chi connectivity index (χ2n) is 2.81. The minimum absolute atomic E-state index is 0.448. The van der Waals surface area contributed by atoms with Crippen molar-refractivity contribution in [2.45, 2.75) is 6.36 Å². The highest BCUT2D eigenvalue weighted by Gasteiger charge is 2.32. The molecule has 1 aromatic rings. The van der Waals surface area contributed by atoms with Gasteiger partial charge < -0.3 is 17.7 Å². The zero-order valence-corrected chi connectivity index (χ0v) is 8.12. The Balaban J connectivity index is 3.01. The Kier molecular flexibility index (Phi) is 3.32. The summed E-state index contributed by atoms with van der Waals surface area (Å²) in [5.41, 5.74) is -1.16. The van der Waals surface area contributed by atoms with Crippen LogP contribution in [0.2, 0.25) is 5.02 Å². The summed E-state index contributed by atoms with van der Waals surface area (Å²) >= 11 is 5.19. The maximum Gasteiger partial charge on any atom is 0.573 e. The fraction of sp³-hybridized carbons (Fsp3) is 0.143. The molecule has 0 amide bonds. The predicted octanol–water partition coefficient (Wildman–Crippen LogP) is 3.29. The van der Waals surface area contributed by atoms with Crippen molar-refractivity contribution in [3.05, 3.63) is 23.2 Å². The molecule has 0 radical (unpaired) electrons. The highest BCUT2D eigenvalue weighted by molar-refractivity contribution is 6.75. The normalized spacial score (nSPS) is 12.7. The molecule has 0 spiro atoms. The Morgan fingerprint density at radius 2 is 1.69 bits per heavy atom. The molecule has 0 unspecified atom stereocenters. The fourth-order valence-electron chi connectivity index (χ4n) is 0.970. The average Bonchev–Trinajstić information content (AvgIpc) is 1.97. The van der Waals surface area contributed by atoms with Crippen LogP contribution in [0, 0.1) is 0 Å². The fourth-order valence-corrected chi connectivity index (χ4v) is 1.26. The lowest BCUT2D eigenvalue weighted by atomic mass is 9.80. The molecule has 0 aliphatic heterocycles. The van der Waals surface area contributed by atoms with Gasteiger partial charge >= 0.3 is 13.3 Å². The SMILES string of the molecule is F[B-](F)(F)c1ccc(OC(F)(F)F)cc1Cl. The first-order valence-electron chi connectivity index (χ1n) is 3.85. The molecular weight excluding hydrogens is 260 g/mol. The minimum atomic E-state index is -5.35. The smallest absolute Gasteiger partial charge is 0.445 e. The van der Waals surface area contributed by atoms with Crippen LogP contribution >= 0.6 is 11.6 Å². The summed E-state index contributed by atoms with van der Waals surface area (Å²) < 4.78 is 75.3. The van der Waals surface area contributed by atoms with E-state index in [-0.39, 0.29) is 0 Å². The van der Waals surface area contributed by atoms with Crippen LogP contribution in [0.5, 0.6) is 5.75 Å². The molecule has 0 fully saturated rings. The molecule has 0 heterocycles. The molecule has 0 bridgehead atoms. The zero-order chi connectivity index (χ0) is 12.6. The summed E-state index contributed by atoms with van der Waals surface area (Å²) in [5, 5.41) is -0.825. The summed E-state index contributed by atoms with van der Waals surface area (Å²) in [5.74, 6) is -0.790. The van der Waals surface area contributed by atoms with Gasteiger partial charge in [0, 0.05) is 5.02 Å². The molecule has 0 aliphatic carbocycles. The Hall–Kier alpha value is -1.05. The number of rotatable bonds is 2. The van der Waals surface area contributed by atoms with E-state index in [1.54, 1.807) is 0 Å². The lowest BCUT2D eigenvalue weighted by Gasteiger charge is -2.17. The molecule has 1 aromatic carbocycles. The number of alkyl halides is 3. The molecule has 0 atom stereocenters. The summed E-state index contributed by atoms with van der Waals surface area (Å²) in [6, 6.07) is 1.48. The molecule has 0 aromatic heterocycles. The summed E-state index contributed by atoms with van der Waals surface area (Å²) in [7, 11) is 0. The first-order chi connectivity index (χ1) is 7.09. The van der Waals surface area contributed by atoms with Crippen molar-refractivity contribution in [2.24, 2.45) is 0 Å². The van der Waals surface area contributed by atoms with Crippen molar-refractivity contribution in [1.29, 1.82) is 0 Å². The molecule has 9 heteroatoms. The standard InChI is InChI=1S/C7H3BClF6O/c9-6-3-4(16-7(10,11)12)1-2-5(6)8(13,14)15/h1-3H/q-1. The Bertz CT molecular complexity index is 387.